The maximum absolute atomic E-state index is 10.5. The molecule has 3 N–H and O–H groups in total. The Balaban J connectivity index is 3.94. The summed E-state index contributed by atoms with van der Waals surface area (Å²) >= 11 is 0. The van der Waals surface area contributed by atoms with E-state index in [1.807, 2.05) is 0 Å². The summed E-state index contributed by atoms with van der Waals surface area (Å²) in [6.07, 6.45) is 1.32. The van der Waals surface area contributed by atoms with E-state index in [0.717, 1.165) is 0 Å². The van der Waals surface area contributed by atoms with Crippen LogP contribution in [0.25, 0.3) is 0 Å². The smallest absolute Gasteiger partial charge is 0.265 e. The van der Waals surface area contributed by atoms with Crippen molar-refractivity contribution in [1.82, 2.24) is 0 Å². The lowest BCUT2D eigenvalue weighted by atomic mass is 10.0. The van der Waals surface area contributed by atoms with E-state index < -0.39 is 10.1 Å². The maximum atomic E-state index is 10.5. The van der Waals surface area contributed by atoms with Crippen molar-refractivity contribution in [2.75, 3.05) is 19.0 Å². The molecule has 0 aromatic heterocycles. The highest BCUT2D eigenvalue weighted by Gasteiger charge is 2.15. The second-order valence-electron chi connectivity index (χ2n) is 2.99. The fourth-order valence-corrected chi connectivity index (χ4v) is 2.10. The van der Waals surface area contributed by atoms with Gasteiger partial charge in [-0.1, -0.05) is 0 Å². The summed E-state index contributed by atoms with van der Waals surface area (Å²) in [5.41, 5.74) is 0. The zero-order valence-electron chi connectivity index (χ0n) is 7.39. The molecular weight excluding hydrogens is 196 g/mol. The van der Waals surface area contributed by atoms with E-state index in [1.165, 1.54) is 0 Å². The lowest BCUT2D eigenvalue weighted by Gasteiger charge is -2.12. The van der Waals surface area contributed by atoms with Gasteiger partial charge in [0.25, 0.3) is 10.1 Å². The van der Waals surface area contributed by atoms with E-state index in [0.29, 0.717) is 19.3 Å². The quantitative estimate of drug-likeness (QED) is 0.501. The van der Waals surface area contributed by atoms with Gasteiger partial charge in [0, 0.05) is 13.2 Å². The van der Waals surface area contributed by atoms with Gasteiger partial charge in [-0.25, -0.2) is 0 Å². The Morgan fingerprint density at radius 3 is 2.08 bits per heavy atom. The van der Waals surface area contributed by atoms with Crippen LogP contribution in [0.15, 0.2) is 0 Å². The van der Waals surface area contributed by atoms with Crippen LogP contribution in [-0.2, 0) is 10.1 Å². The van der Waals surface area contributed by atoms with E-state index in [2.05, 4.69) is 0 Å². The van der Waals surface area contributed by atoms with E-state index in [-0.39, 0.29) is 24.9 Å². The molecule has 0 amide bonds. The van der Waals surface area contributed by atoms with Crippen molar-refractivity contribution in [3.8, 4) is 0 Å². The van der Waals surface area contributed by atoms with Crippen LogP contribution >= 0.6 is 0 Å². The number of hydrogen-bond acceptors (Lipinski definition) is 4. The summed E-state index contributed by atoms with van der Waals surface area (Å²) in [5, 5.41) is 17.1. The van der Waals surface area contributed by atoms with Crippen molar-refractivity contribution in [1.29, 1.82) is 0 Å². The third-order valence-corrected chi connectivity index (χ3v) is 2.65. The van der Waals surface area contributed by atoms with Crippen molar-refractivity contribution < 1.29 is 23.2 Å². The zero-order valence-corrected chi connectivity index (χ0v) is 8.20. The van der Waals surface area contributed by atoms with Gasteiger partial charge >= 0.3 is 0 Å². The fraction of sp³-hybridized carbons (Fsp3) is 1.00. The molecule has 80 valence electrons. The van der Waals surface area contributed by atoms with Gasteiger partial charge in [0.05, 0.1) is 5.75 Å². The molecule has 13 heavy (non-hydrogen) atoms. The van der Waals surface area contributed by atoms with E-state index in [1.54, 1.807) is 0 Å². The van der Waals surface area contributed by atoms with Crippen LogP contribution in [0.5, 0.6) is 0 Å². The van der Waals surface area contributed by atoms with Crippen LogP contribution in [0.1, 0.15) is 19.3 Å². The first-order chi connectivity index (χ1) is 5.99. The van der Waals surface area contributed by atoms with Crippen molar-refractivity contribution in [2.24, 2.45) is 5.92 Å². The number of aliphatic hydroxyl groups is 2. The molecular formula is C7H16O5S. The number of aliphatic hydroxyl groups excluding tert-OH is 2. The molecule has 0 saturated heterocycles. The first kappa shape index (κ1) is 12.8. The van der Waals surface area contributed by atoms with Crippen LogP contribution < -0.4 is 0 Å². The van der Waals surface area contributed by atoms with Crippen molar-refractivity contribution in [3.05, 3.63) is 0 Å². The molecule has 0 aromatic rings. The van der Waals surface area contributed by atoms with Crippen molar-refractivity contribution in [3.63, 3.8) is 0 Å². The second-order valence-corrected chi connectivity index (χ2v) is 4.49. The first-order valence-electron chi connectivity index (χ1n) is 4.16. The molecule has 0 fully saturated rings. The first-order valence-corrected chi connectivity index (χ1v) is 5.77. The molecule has 0 rings (SSSR count). The van der Waals surface area contributed by atoms with Gasteiger partial charge in [0.15, 0.2) is 0 Å². The monoisotopic (exact) mass is 212 g/mol. The van der Waals surface area contributed by atoms with Crippen molar-refractivity contribution in [2.45, 2.75) is 19.3 Å². The maximum Gasteiger partial charge on any atom is 0.265 e. The summed E-state index contributed by atoms with van der Waals surface area (Å²) in [6.45, 7) is -0.112. The Morgan fingerprint density at radius 1 is 1.08 bits per heavy atom. The molecule has 0 bridgehead atoms. The van der Waals surface area contributed by atoms with Gasteiger partial charge in [0.1, 0.15) is 0 Å². The summed E-state index contributed by atoms with van der Waals surface area (Å²) in [7, 11) is -3.97. The van der Waals surface area contributed by atoms with Gasteiger partial charge < -0.3 is 10.2 Å². The Bertz CT molecular complexity index is 211. The minimum atomic E-state index is -3.97. The van der Waals surface area contributed by atoms with Crippen LogP contribution in [0.2, 0.25) is 0 Å². The standard InChI is InChI=1S/C7H16O5S/c8-4-1-2-7(3-5-9)6-13(10,11)12/h7-9H,1-6H2,(H,10,11,12). The summed E-state index contributed by atoms with van der Waals surface area (Å²) in [5.74, 6) is -0.611. The highest BCUT2D eigenvalue weighted by atomic mass is 32.2. The Hall–Kier alpha value is -0.170. The minimum Gasteiger partial charge on any atom is -0.396 e. The minimum absolute atomic E-state index is 0.00654. The largest absolute Gasteiger partial charge is 0.396 e. The molecule has 0 saturated carbocycles. The predicted octanol–water partition coefficient (Wildman–Crippen LogP) is -0.355. The fourth-order valence-electron chi connectivity index (χ4n) is 1.17. The van der Waals surface area contributed by atoms with Gasteiger partial charge in [-0.05, 0) is 25.2 Å². The number of hydrogen-bond donors (Lipinski definition) is 3. The number of rotatable bonds is 7. The van der Waals surface area contributed by atoms with E-state index >= 15 is 0 Å². The Morgan fingerprint density at radius 2 is 1.69 bits per heavy atom. The molecule has 5 nitrogen and oxygen atoms in total. The molecule has 6 heteroatoms. The summed E-state index contributed by atoms with van der Waals surface area (Å²) in [4.78, 5) is 0. The molecule has 0 spiro atoms. The molecule has 0 aromatic carbocycles. The summed E-state index contributed by atoms with van der Waals surface area (Å²) < 4.78 is 29.5. The zero-order chi connectivity index (χ0) is 10.3. The highest BCUT2D eigenvalue weighted by molar-refractivity contribution is 7.85. The van der Waals surface area contributed by atoms with Gasteiger partial charge in [0.2, 0.25) is 0 Å². The molecule has 0 aliphatic carbocycles. The second kappa shape index (κ2) is 6.31. The van der Waals surface area contributed by atoms with E-state index in [9.17, 15) is 8.42 Å². The molecule has 0 heterocycles. The lowest BCUT2D eigenvalue weighted by molar-refractivity contribution is 0.238. The molecule has 0 radical (unpaired) electrons. The third kappa shape index (κ3) is 8.17. The molecule has 1 atom stereocenters. The van der Waals surface area contributed by atoms with Gasteiger partial charge in [-0.2, -0.15) is 8.42 Å². The van der Waals surface area contributed by atoms with Gasteiger partial charge in [-0.15, -0.1) is 0 Å². The SMILES string of the molecule is O=S(=O)(O)CC(CCO)CCCO. The van der Waals surface area contributed by atoms with E-state index in [4.69, 9.17) is 14.8 Å². The highest BCUT2D eigenvalue weighted by Crippen LogP contribution is 2.12. The Kier molecular flexibility index (Phi) is 6.23. The molecule has 0 aliphatic rings. The predicted molar refractivity (Wildman–Crippen MR) is 47.9 cm³/mol. The lowest BCUT2D eigenvalue weighted by Crippen LogP contribution is -2.17. The van der Waals surface area contributed by atoms with Gasteiger partial charge in [-0.3, -0.25) is 4.55 Å². The third-order valence-electron chi connectivity index (χ3n) is 1.75. The summed E-state index contributed by atoms with van der Waals surface area (Å²) in [6, 6.07) is 0. The van der Waals surface area contributed by atoms with Crippen LogP contribution in [0.4, 0.5) is 0 Å². The topological polar surface area (TPSA) is 94.8 Å². The average Bonchev–Trinajstić information content (AvgIpc) is 1.98. The van der Waals surface area contributed by atoms with Crippen LogP contribution in [0.3, 0.4) is 0 Å². The molecule has 0 aliphatic heterocycles. The van der Waals surface area contributed by atoms with Crippen molar-refractivity contribution >= 4 is 10.1 Å². The van der Waals surface area contributed by atoms with Crippen LogP contribution in [-0.4, -0.2) is 42.2 Å². The Labute approximate surface area is 78.1 Å². The normalized spacial score (nSPS) is 14.4. The average molecular weight is 212 g/mol. The van der Waals surface area contributed by atoms with Crippen LogP contribution in [0, 0.1) is 5.92 Å². The molecule has 1 unspecified atom stereocenters.